The average Bonchev–Trinajstić information content (AvgIpc) is 2.08. The monoisotopic (exact) mass is 186 g/mol. The molecule has 0 aromatic carbocycles. The third-order valence-corrected chi connectivity index (χ3v) is 2.02. The first-order chi connectivity index (χ1) is 5.85. The largest absolute Gasteiger partial charge is 0.302 e. The van der Waals surface area contributed by atoms with Crippen molar-refractivity contribution in [3.05, 3.63) is 0 Å². The van der Waals surface area contributed by atoms with Gasteiger partial charge in [0.25, 0.3) is 0 Å². The molecular formula is C8H16BClN2. The highest BCUT2D eigenvalue weighted by atomic mass is 35.5. The van der Waals surface area contributed by atoms with E-state index in [0.717, 1.165) is 12.4 Å². The molecule has 1 saturated heterocycles. The molecule has 0 aliphatic carbocycles. The van der Waals surface area contributed by atoms with Crippen LogP contribution in [0.3, 0.4) is 0 Å². The first-order valence-corrected chi connectivity index (χ1v) is 4.97. The van der Waals surface area contributed by atoms with Crippen molar-refractivity contribution in [3.63, 3.8) is 0 Å². The summed E-state index contributed by atoms with van der Waals surface area (Å²) in [6, 6.07) is 0. The minimum atomic E-state index is 0.792. The molecule has 12 heavy (non-hydrogen) atoms. The van der Waals surface area contributed by atoms with Crippen LogP contribution in [0.4, 0.5) is 0 Å². The summed E-state index contributed by atoms with van der Waals surface area (Å²) in [7, 11) is 1.43. The predicted molar refractivity (Wildman–Crippen MR) is 55.2 cm³/mol. The highest BCUT2D eigenvalue weighted by Crippen LogP contribution is 2.07. The maximum atomic E-state index is 7.32. The van der Waals surface area contributed by atoms with Crippen molar-refractivity contribution in [3.8, 4) is 5.97 Å². The smallest absolute Gasteiger partial charge is 0.232 e. The Morgan fingerprint density at radius 1 is 1.33 bits per heavy atom. The SMILES string of the molecule is BC#N.ClCCN1CCCCC1. The third kappa shape index (κ3) is 6.51. The Bertz CT molecular complexity index is 127. The molecular weight excluding hydrogens is 170 g/mol. The molecule has 0 atom stereocenters. The van der Waals surface area contributed by atoms with Crippen LogP contribution < -0.4 is 0 Å². The molecule has 68 valence electrons. The van der Waals surface area contributed by atoms with Gasteiger partial charge in [-0.3, -0.25) is 0 Å². The summed E-state index contributed by atoms with van der Waals surface area (Å²) >= 11 is 5.59. The Kier molecular flexibility index (Phi) is 8.75. The van der Waals surface area contributed by atoms with E-state index < -0.39 is 0 Å². The molecule has 0 N–H and O–H groups in total. The number of nitrogens with zero attached hydrogens (tertiary/aromatic N) is 2. The van der Waals surface area contributed by atoms with Gasteiger partial charge in [-0.05, 0) is 31.9 Å². The molecule has 2 nitrogen and oxygen atoms in total. The van der Waals surface area contributed by atoms with Crippen LogP contribution in [0.15, 0.2) is 0 Å². The summed E-state index contributed by atoms with van der Waals surface area (Å²) < 4.78 is 0. The number of hydrogen-bond donors (Lipinski definition) is 0. The molecule has 1 heterocycles. The number of rotatable bonds is 2. The molecule has 0 aromatic rings. The van der Waals surface area contributed by atoms with Gasteiger partial charge >= 0.3 is 0 Å². The van der Waals surface area contributed by atoms with E-state index in [2.05, 4.69) is 4.90 Å². The van der Waals surface area contributed by atoms with Crippen LogP contribution >= 0.6 is 11.6 Å². The fourth-order valence-corrected chi connectivity index (χ4v) is 1.54. The standard InChI is InChI=1S/C7H14ClN.CH2BN/c8-4-7-9-5-2-1-3-6-9;2-1-3/h1-7H2;2H2. The molecule has 0 spiro atoms. The first kappa shape index (κ1) is 11.8. The van der Waals surface area contributed by atoms with Crippen LogP contribution in [0.1, 0.15) is 19.3 Å². The van der Waals surface area contributed by atoms with E-state index in [0.29, 0.717) is 0 Å². The van der Waals surface area contributed by atoms with E-state index >= 15 is 0 Å². The fourth-order valence-electron chi connectivity index (χ4n) is 1.30. The summed E-state index contributed by atoms with van der Waals surface area (Å²) in [5.41, 5.74) is 0. The number of hydrogen-bond acceptors (Lipinski definition) is 2. The summed E-state index contributed by atoms with van der Waals surface area (Å²) in [6.07, 6.45) is 4.16. The van der Waals surface area contributed by atoms with Gasteiger partial charge in [-0.2, -0.15) is 0 Å². The zero-order valence-corrected chi connectivity index (χ0v) is 8.48. The van der Waals surface area contributed by atoms with E-state index in [9.17, 15) is 0 Å². The van der Waals surface area contributed by atoms with Gasteiger partial charge in [0.2, 0.25) is 7.85 Å². The quantitative estimate of drug-likeness (QED) is 0.471. The maximum absolute atomic E-state index is 7.32. The second-order valence-corrected chi connectivity index (χ2v) is 3.19. The Morgan fingerprint density at radius 2 is 1.83 bits per heavy atom. The zero-order chi connectivity index (χ0) is 9.23. The molecule has 1 aliphatic heterocycles. The summed E-state index contributed by atoms with van der Waals surface area (Å²) in [6.45, 7) is 3.63. The number of piperidine rings is 1. The lowest BCUT2D eigenvalue weighted by Crippen LogP contribution is -2.31. The van der Waals surface area contributed by atoms with E-state index in [1.54, 1.807) is 5.97 Å². The van der Waals surface area contributed by atoms with Crippen LogP contribution in [0, 0.1) is 11.2 Å². The van der Waals surface area contributed by atoms with Crippen molar-refractivity contribution in [2.24, 2.45) is 0 Å². The molecule has 1 rings (SSSR count). The third-order valence-electron chi connectivity index (χ3n) is 1.85. The van der Waals surface area contributed by atoms with Gasteiger partial charge < -0.3 is 4.90 Å². The molecule has 1 fully saturated rings. The average molecular weight is 186 g/mol. The summed E-state index contributed by atoms with van der Waals surface area (Å²) in [5.74, 6) is 2.54. The van der Waals surface area contributed by atoms with Gasteiger partial charge in [-0.15, -0.1) is 11.6 Å². The fraction of sp³-hybridized carbons (Fsp3) is 0.875. The molecule has 0 aromatic heterocycles. The van der Waals surface area contributed by atoms with Crippen molar-refractivity contribution in [1.82, 2.24) is 4.90 Å². The van der Waals surface area contributed by atoms with Crippen LogP contribution in [0.25, 0.3) is 0 Å². The minimum Gasteiger partial charge on any atom is -0.302 e. The van der Waals surface area contributed by atoms with Crippen molar-refractivity contribution in [2.75, 3.05) is 25.5 Å². The molecule has 0 radical (unpaired) electrons. The number of nitriles is 1. The second kappa shape index (κ2) is 8.90. The van der Waals surface area contributed by atoms with Crippen LogP contribution in [-0.4, -0.2) is 38.3 Å². The van der Waals surface area contributed by atoms with Crippen molar-refractivity contribution in [2.45, 2.75) is 19.3 Å². The molecule has 0 amide bonds. The lowest BCUT2D eigenvalue weighted by molar-refractivity contribution is 0.241. The molecule has 0 unspecified atom stereocenters. The summed E-state index contributed by atoms with van der Waals surface area (Å²) in [5, 5.41) is 7.32. The van der Waals surface area contributed by atoms with Crippen molar-refractivity contribution >= 4 is 19.4 Å². The minimum absolute atomic E-state index is 0.792. The van der Waals surface area contributed by atoms with Gasteiger partial charge in [-0.25, -0.2) is 5.26 Å². The highest BCUT2D eigenvalue weighted by molar-refractivity contribution is 6.20. The number of alkyl halides is 1. The van der Waals surface area contributed by atoms with Gasteiger partial charge in [-0.1, -0.05) is 6.42 Å². The molecule has 0 saturated carbocycles. The van der Waals surface area contributed by atoms with Crippen LogP contribution in [-0.2, 0) is 0 Å². The first-order valence-electron chi connectivity index (χ1n) is 4.44. The van der Waals surface area contributed by atoms with Crippen molar-refractivity contribution in [1.29, 1.82) is 5.26 Å². The van der Waals surface area contributed by atoms with Gasteiger partial charge in [0.1, 0.15) is 0 Å². The van der Waals surface area contributed by atoms with Gasteiger partial charge in [0, 0.05) is 12.4 Å². The van der Waals surface area contributed by atoms with Gasteiger partial charge in [0.05, 0.1) is 0 Å². The zero-order valence-electron chi connectivity index (χ0n) is 7.72. The van der Waals surface area contributed by atoms with Crippen LogP contribution in [0.5, 0.6) is 0 Å². The number of halogens is 1. The highest BCUT2D eigenvalue weighted by Gasteiger charge is 2.07. The lowest BCUT2D eigenvalue weighted by atomic mass is 10.1. The Hall–Kier alpha value is -0.195. The van der Waals surface area contributed by atoms with Crippen LogP contribution in [0.2, 0.25) is 0 Å². The Balaban J connectivity index is 0.000000354. The topological polar surface area (TPSA) is 27.0 Å². The van der Waals surface area contributed by atoms with Crippen molar-refractivity contribution < 1.29 is 0 Å². The normalized spacial score (nSPS) is 17.3. The summed E-state index contributed by atoms with van der Waals surface area (Å²) in [4.78, 5) is 2.44. The van der Waals surface area contributed by atoms with E-state index in [-0.39, 0.29) is 0 Å². The van der Waals surface area contributed by atoms with E-state index in [1.165, 1.54) is 40.2 Å². The molecule has 4 heteroatoms. The van der Waals surface area contributed by atoms with E-state index in [4.69, 9.17) is 16.9 Å². The number of likely N-dealkylation sites (tertiary alicyclic amines) is 1. The maximum Gasteiger partial charge on any atom is 0.232 e. The Morgan fingerprint density at radius 3 is 2.25 bits per heavy atom. The molecule has 1 aliphatic rings. The second-order valence-electron chi connectivity index (χ2n) is 2.81. The van der Waals surface area contributed by atoms with Gasteiger partial charge in [0.15, 0.2) is 0 Å². The lowest BCUT2D eigenvalue weighted by Gasteiger charge is -2.25. The van der Waals surface area contributed by atoms with E-state index in [1.807, 2.05) is 0 Å². The molecule has 0 bridgehead atoms. The predicted octanol–water partition coefficient (Wildman–Crippen LogP) is 0.812. The Labute approximate surface area is 80.9 Å².